The lowest BCUT2D eigenvalue weighted by Gasteiger charge is -2.12. The summed E-state index contributed by atoms with van der Waals surface area (Å²) in [5, 5.41) is 2.47. The monoisotopic (exact) mass is 386 g/mol. The molecule has 0 atom stereocenters. The van der Waals surface area contributed by atoms with Gasteiger partial charge in [-0.15, -0.1) is 0 Å². The van der Waals surface area contributed by atoms with Crippen LogP contribution in [0.25, 0.3) is 6.08 Å². The molecule has 0 radical (unpaired) electrons. The number of nitrogens with zero attached hydrogens (tertiary/aromatic N) is 2. The maximum atomic E-state index is 12.3. The molecule has 0 aliphatic carbocycles. The van der Waals surface area contributed by atoms with Crippen LogP contribution in [-0.4, -0.2) is 27.6 Å². The van der Waals surface area contributed by atoms with Crippen LogP contribution in [0.5, 0.6) is 0 Å². The molecule has 0 bridgehead atoms. The molecule has 0 aliphatic heterocycles. The Balaban J connectivity index is 2.10. The molecule has 1 amide bonds. The van der Waals surface area contributed by atoms with Gasteiger partial charge in [0.2, 0.25) is 5.91 Å². The zero-order chi connectivity index (χ0) is 20.8. The second kappa shape index (κ2) is 8.85. The predicted molar refractivity (Wildman–Crippen MR) is 106 cm³/mol. The first-order valence-corrected chi connectivity index (χ1v) is 8.53. The summed E-state index contributed by atoms with van der Waals surface area (Å²) in [5.41, 5.74) is 5.87. The highest BCUT2D eigenvalue weighted by Gasteiger charge is 2.15. The molecule has 0 saturated carbocycles. The highest BCUT2D eigenvalue weighted by atomic mass is 16.5. The van der Waals surface area contributed by atoms with Gasteiger partial charge >= 0.3 is 11.7 Å². The molecule has 1 aromatic heterocycles. The number of amides is 1. The summed E-state index contributed by atoms with van der Waals surface area (Å²) < 4.78 is 6.76. The quantitative estimate of drug-likeness (QED) is 0.548. The lowest BCUT2D eigenvalue weighted by molar-refractivity contribution is -0.137. The van der Waals surface area contributed by atoms with Crippen molar-refractivity contribution >= 4 is 29.5 Å². The second-order valence-electron chi connectivity index (χ2n) is 6.02. The van der Waals surface area contributed by atoms with Crippen LogP contribution in [0, 0.1) is 0 Å². The van der Waals surface area contributed by atoms with Crippen molar-refractivity contribution in [3.63, 3.8) is 0 Å². The van der Waals surface area contributed by atoms with Crippen molar-refractivity contribution in [2.24, 2.45) is 14.1 Å². The number of ether oxygens (including phenoxy) is 1. The summed E-state index contributed by atoms with van der Waals surface area (Å²) in [6, 6.07) is 6.95. The van der Waals surface area contributed by atoms with Crippen LogP contribution in [0.3, 0.4) is 0 Å². The first kappa shape index (κ1) is 20.7. The van der Waals surface area contributed by atoms with Gasteiger partial charge in [0.25, 0.3) is 5.56 Å². The van der Waals surface area contributed by atoms with Gasteiger partial charge in [0.05, 0.1) is 13.0 Å². The van der Waals surface area contributed by atoms with E-state index in [1.165, 1.54) is 20.2 Å². The summed E-state index contributed by atoms with van der Waals surface area (Å²) in [4.78, 5) is 47.6. The van der Waals surface area contributed by atoms with Crippen LogP contribution >= 0.6 is 0 Å². The van der Waals surface area contributed by atoms with E-state index in [1.807, 2.05) is 0 Å². The lowest BCUT2D eigenvalue weighted by atomic mass is 10.1. The molecule has 0 saturated heterocycles. The SMILES string of the molecule is CCOC(=O)/C=C/c1ccc(CC(=O)Nc2c(N)n(C)c(=O)n(C)c2=O)cc1. The van der Waals surface area contributed by atoms with Crippen molar-refractivity contribution in [1.29, 1.82) is 0 Å². The van der Waals surface area contributed by atoms with Crippen molar-refractivity contribution in [3.8, 4) is 0 Å². The van der Waals surface area contributed by atoms with E-state index in [0.29, 0.717) is 12.2 Å². The molecule has 1 heterocycles. The van der Waals surface area contributed by atoms with E-state index < -0.39 is 23.1 Å². The fourth-order valence-electron chi connectivity index (χ4n) is 2.45. The number of carbonyl (C=O) groups excluding carboxylic acids is 2. The third-order valence-corrected chi connectivity index (χ3v) is 4.02. The molecule has 9 heteroatoms. The van der Waals surface area contributed by atoms with Gasteiger partial charge in [0.1, 0.15) is 11.5 Å². The molecule has 0 fully saturated rings. The van der Waals surface area contributed by atoms with Gasteiger partial charge in [-0.1, -0.05) is 24.3 Å². The first-order chi connectivity index (χ1) is 13.2. The molecule has 0 unspecified atom stereocenters. The van der Waals surface area contributed by atoms with Gasteiger partial charge in [-0.05, 0) is 24.1 Å². The fraction of sp³-hybridized carbons (Fsp3) is 0.263. The predicted octanol–water partition coefficient (Wildman–Crippen LogP) is 0.424. The number of nitrogens with two attached hydrogens (primary N) is 1. The van der Waals surface area contributed by atoms with E-state index in [2.05, 4.69) is 5.32 Å². The Morgan fingerprint density at radius 2 is 1.79 bits per heavy atom. The number of carbonyl (C=O) groups is 2. The summed E-state index contributed by atoms with van der Waals surface area (Å²) in [5.74, 6) is -0.986. The normalized spacial score (nSPS) is 10.8. The number of hydrogen-bond donors (Lipinski definition) is 2. The molecule has 1 aromatic carbocycles. The maximum Gasteiger partial charge on any atom is 0.332 e. The Bertz CT molecular complexity index is 1030. The van der Waals surface area contributed by atoms with Crippen molar-refractivity contribution < 1.29 is 14.3 Å². The zero-order valence-corrected chi connectivity index (χ0v) is 15.9. The lowest BCUT2D eigenvalue weighted by Crippen LogP contribution is -2.40. The van der Waals surface area contributed by atoms with Gasteiger partial charge in [-0.2, -0.15) is 0 Å². The second-order valence-corrected chi connectivity index (χ2v) is 6.02. The number of esters is 1. The Morgan fingerprint density at radius 3 is 2.39 bits per heavy atom. The van der Waals surface area contributed by atoms with Crippen LogP contribution < -0.4 is 22.3 Å². The van der Waals surface area contributed by atoms with Gasteiger partial charge in [-0.3, -0.25) is 18.7 Å². The number of aromatic nitrogens is 2. The average molecular weight is 386 g/mol. The van der Waals surface area contributed by atoms with E-state index in [4.69, 9.17) is 10.5 Å². The van der Waals surface area contributed by atoms with Gasteiger partial charge < -0.3 is 15.8 Å². The number of hydrogen-bond acceptors (Lipinski definition) is 6. The minimum absolute atomic E-state index is 0.00725. The number of rotatable bonds is 6. The van der Waals surface area contributed by atoms with Gasteiger partial charge in [-0.25, -0.2) is 9.59 Å². The van der Waals surface area contributed by atoms with E-state index in [9.17, 15) is 19.2 Å². The van der Waals surface area contributed by atoms with Crippen LogP contribution in [0.15, 0.2) is 39.9 Å². The molecule has 28 heavy (non-hydrogen) atoms. The summed E-state index contributed by atoms with van der Waals surface area (Å²) >= 11 is 0. The largest absolute Gasteiger partial charge is 0.463 e. The molecule has 2 aromatic rings. The highest BCUT2D eigenvalue weighted by Crippen LogP contribution is 2.11. The summed E-state index contributed by atoms with van der Waals surface area (Å²) in [6.45, 7) is 2.03. The molecular weight excluding hydrogens is 364 g/mol. The molecule has 9 nitrogen and oxygen atoms in total. The van der Waals surface area contributed by atoms with Crippen LogP contribution in [-0.2, 0) is 34.8 Å². The van der Waals surface area contributed by atoms with E-state index in [0.717, 1.165) is 14.7 Å². The smallest absolute Gasteiger partial charge is 0.332 e. The first-order valence-electron chi connectivity index (χ1n) is 8.53. The van der Waals surface area contributed by atoms with E-state index in [1.54, 1.807) is 37.3 Å². The minimum atomic E-state index is -0.673. The Kier molecular flexibility index (Phi) is 6.54. The van der Waals surface area contributed by atoms with Crippen molar-refractivity contribution in [2.75, 3.05) is 17.7 Å². The molecule has 0 aliphatic rings. The summed E-state index contributed by atoms with van der Waals surface area (Å²) in [7, 11) is 2.72. The van der Waals surface area contributed by atoms with Gasteiger partial charge in [0.15, 0.2) is 0 Å². The van der Waals surface area contributed by atoms with Crippen molar-refractivity contribution in [2.45, 2.75) is 13.3 Å². The Morgan fingerprint density at radius 1 is 1.14 bits per heavy atom. The topological polar surface area (TPSA) is 125 Å². The highest BCUT2D eigenvalue weighted by molar-refractivity contribution is 5.94. The molecular formula is C19H22N4O5. The van der Waals surface area contributed by atoms with Crippen LogP contribution in [0.1, 0.15) is 18.1 Å². The van der Waals surface area contributed by atoms with E-state index in [-0.39, 0.29) is 17.9 Å². The summed E-state index contributed by atoms with van der Waals surface area (Å²) in [6.07, 6.45) is 2.94. The number of nitrogens with one attached hydrogen (secondary N) is 1. The standard InChI is InChI=1S/C19H22N4O5/c1-4-28-15(25)10-9-12-5-7-13(8-6-12)11-14(24)21-16-17(20)22(2)19(27)23(3)18(16)26/h5-10H,4,11,20H2,1-3H3,(H,21,24)/b10-9+. The van der Waals surface area contributed by atoms with Crippen LogP contribution in [0.4, 0.5) is 11.5 Å². The molecule has 3 N–H and O–H groups in total. The van der Waals surface area contributed by atoms with Crippen molar-refractivity contribution in [3.05, 3.63) is 62.3 Å². The third kappa shape index (κ3) is 4.76. The fourth-order valence-corrected chi connectivity index (χ4v) is 2.45. The third-order valence-electron chi connectivity index (χ3n) is 4.02. The maximum absolute atomic E-state index is 12.3. The van der Waals surface area contributed by atoms with Gasteiger partial charge in [0, 0.05) is 20.2 Å². The minimum Gasteiger partial charge on any atom is -0.463 e. The molecule has 0 spiro atoms. The average Bonchev–Trinajstić information content (AvgIpc) is 2.68. The molecule has 2 rings (SSSR count). The van der Waals surface area contributed by atoms with E-state index >= 15 is 0 Å². The van der Waals surface area contributed by atoms with Crippen molar-refractivity contribution in [1.82, 2.24) is 9.13 Å². The Labute approximate surface area is 161 Å². The number of anilines is 2. The zero-order valence-electron chi connectivity index (χ0n) is 15.9. The van der Waals surface area contributed by atoms with Crippen LogP contribution in [0.2, 0.25) is 0 Å². The molecule has 148 valence electrons. The Hall–Kier alpha value is -3.62. The number of benzene rings is 1. The number of nitrogen functional groups attached to an aromatic ring is 1.